The van der Waals surface area contributed by atoms with Crippen molar-refractivity contribution in [2.45, 2.75) is 25.9 Å². The van der Waals surface area contributed by atoms with E-state index in [9.17, 15) is 9.59 Å². The first kappa shape index (κ1) is 14.5. The van der Waals surface area contributed by atoms with Gasteiger partial charge in [-0.2, -0.15) is 0 Å². The average molecular weight is 278 g/mol. The second-order valence-electron chi connectivity index (χ2n) is 4.87. The van der Waals surface area contributed by atoms with Crippen LogP contribution in [-0.2, 0) is 20.7 Å². The summed E-state index contributed by atoms with van der Waals surface area (Å²) in [6, 6.07) is 3.75. The first-order chi connectivity index (χ1) is 9.56. The molecule has 1 aliphatic rings. The Bertz CT molecular complexity index is 504. The molecule has 2 rings (SSSR count). The maximum Gasteiger partial charge on any atom is 0.306 e. The molecule has 0 aromatic carbocycles. The van der Waals surface area contributed by atoms with E-state index in [2.05, 4.69) is 4.98 Å². The summed E-state index contributed by atoms with van der Waals surface area (Å²) in [5.41, 5.74) is 1.75. The third kappa shape index (κ3) is 3.77. The third-order valence-corrected chi connectivity index (χ3v) is 3.33. The summed E-state index contributed by atoms with van der Waals surface area (Å²) >= 11 is 0. The molecule has 1 aromatic rings. The molecule has 20 heavy (non-hydrogen) atoms. The summed E-state index contributed by atoms with van der Waals surface area (Å²) in [6.45, 7) is 3.13. The predicted octanol–water partition coefficient (Wildman–Crippen LogP) is 0.635. The number of ether oxygens (including phenoxy) is 1. The van der Waals surface area contributed by atoms with E-state index in [0.29, 0.717) is 19.7 Å². The van der Waals surface area contributed by atoms with Gasteiger partial charge in [-0.25, -0.2) is 0 Å². The molecule has 0 radical (unpaired) electrons. The van der Waals surface area contributed by atoms with Gasteiger partial charge in [0.25, 0.3) is 0 Å². The van der Waals surface area contributed by atoms with Crippen molar-refractivity contribution in [2.24, 2.45) is 0 Å². The van der Waals surface area contributed by atoms with E-state index in [4.69, 9.17) is 9.84 Å². The lowest BCUT2D eigenvalue weighted by atomic mass is 10.1. The number of amides is 1. The van der Waals surface area contributed by atoms with Crippen molar-refractivity contribution in [1.82, 2.24) is 9.88 Å². The van der Waals surface area contributed by atoms with Crippen molar-refractivity contribution >= 4 is 11.9 Å². The molecule has 1 amide bonds. The number of aliphatic carboxylic acids is 1. The molecule has 0 saturated carbocycles. The molecule has 1 aliphatic heterocycles. The number of carboxylic acids is 1. The number of carbonyl (C=O) groups is 2. The molecule has 1 fully saturated rings. The standard InChI is InChI=1S/C14H18N2O4/c1-10-3-2-4-15-12(10)8-13(17)16-5-6-20-11(9-16)7-14(18)19/h2-4,11H,5-9H2,1H3,(H,18,19). The van der Waals surface area contributed by atoms with E-state index in [0.717, 1.165) is 11.3 Å². The number of hydrogen-bond acceptors (Lipinski definition) is 4. The van der Waals surface area contributed by atoms with Crippen LogP contribution < -0.4 is 0 Å². The monoisotopic (exact) mass is 278 g/mol. The molecule has 1 saturated heterocycles. The Hall–Kier alpha value is -1.95. The number of aryl methyl sites for hydroxylation is 1. The largest absolute Gasteiger partial charge is 0.481 e. The summed E-state index contributed by atoms with van der Waals surface area (Å²) < 4.78 is 5.35. The van der Waals surface area contributed by atoms with E-state index < -0.39 is 12.1 Å². The van der Waals surface area contributed by atoms with Crippen molar-refractivity contribution in [3.63, 3.8) is 0 Å². The van der Waals surface area contributed by atoms with Crippen LogP contribution in [0.15, 0.2) is 18.3 Å². The third-order valence-electron chi connectivity index (χ3n) is 3.33. The topological polar surface area (TPSA) is 79.7 Å². The average Bonchev–Trinajstić information content (AvgIpc) is 2.41. The molecular weight excluding hydrogens is 260 g/mol. The highest BCUT2D eigenvalue weighted by Crippen LogP contribution is 2.12. The summed E-state index contributed by atoms with van der Waals surface area (Å²) in [6.07, 6.45) is 1.41. The second kappa shape index (κ2) is 6.47. The number of morpholine rings is 1. The maximum absolute atomic E-state index is 12.2. The van der Waals surface area contributed by atoms with Gasteiger partial charge in [0.2, 0.25) is 5.91 Å². The minimum atomic E-state index is -0.912. The molecule has 1 N–H and O–H groups in total. The molecule has 1 atom stereocenters. The Balaban J connectivity index is 1.95. The molecule has 6 nitrogen and oxygen atoms in total. The van der Waals surface area contributed by atoms with Gasteiger partial charge < -0.3 is 14.7 Å². The van der Waals surface area contributed by atoms with Gasteiger partial charge in [-0.05, 0) is 18.6 Å². The fourth-order valence-electron chi connectivity index (χ4n) is 2.22. The number of aromatic nitrogens is 1. The number of carbonyl (C=O) groups excluding carboxylic acids is 1. The number of hydrogen-bond donors (Lipinski definition) is 1. The number of carboxylic acid groups (broad SMARTS) is 1. The lowest BCUT2D eigenvalue weighted by Gasteiger charge is -2.32. The van der Waals surface area contributed by atoms with Crippen molar-refractivity contribution in [3.8, 4) is 0 Å². The van der Waals surface area contributed by atoms with Gasteiger partial charge >= 0.3 is 5.97 Å². The van der Waals surface area contributed by atoms with Gasteiger partial charge in [0, 0.05) is 19.3 Å². The summed E-state index contributed by atoms with van der Waals surface area (Å²) in [7, 11) is 0. The fourth-order valence-corrected chi connectivity index (χ4v) is 2.22. The molecule has 0 spiro atoms. The number of rotatable bonds is 4. The van der Waals surface area contributed by atoms with E-state index in [1.54, 1.807) is 11.1 Å². The van der Waals surface area contributed by atoms with Crippen LogP contribution in [0.3, 0.4) is 0 Å². The maximum atomic E-state index is 12.2. The van der Waals surface area contributed by atoms with Gasteiger partial charge in [-0.3, -0.25) is 14.6 Å². The SMILES string of the molecule is Cc1cccnc1CC(=O)N1CCOC(CC(=O)O)C1. The molecule has 1 unspecified atom stereocenters. The van der Waals surface area contributed by atoms with Crippen LogP contribution in [0, 0.1) is 6.92 Å². The van der Waals surface area contributed by atoms with Crippen LogP contribution in [0.2, 0.25) is 0 Å². The first-order valence-electron chi connectivity index (χ1n) is 6.58. The quantitative estimate of drug-likeness (QED) is 0.874. The predicted molar refractivity (Wildman–Crippen MR) is 71.3 cm³/mol. The Kier molecular flexibility index (Phi) is 4.68. The smallest absolute Gasteiger partial charge is 0.306 e. The van der Waals surface area contributed by atoms with Crippen LogP contribution in [0.4, 0.5) is 0 Å². The highest BCUT2D eigenvalue weighted by Gasteiger charge is 2.26. The lowest BCUT2D eigenvalue weighted by molar-refractivity contribution is -0.147. The summed E-state index contributed by atoms with van der Waals surface area (Å²) in [5.74, 6) is -0.949. The molecule has 2 heterocycles. The van der Waals surface area contributed by atoms with Crippen LogP contribution in [0.25, 0.3) is 0 Å². The zero-order valence-electron chi connectivity index (χ0n) is 11.4. The van der Waals surface area contributed by atoms with E-state index in [1.807, 2.05) is 19.1 Å². The molecule has 6 heteroatoms. The van der Waals surface area contributed by atoms with Crippen molar-refractivity contribution in [3.05, 3.63) is 29.6 Å². The van der Waals surface area contributed by atoms with Gasteiger partial charge in [0.1, 0.15) is 0 Å². The van der Waals surface area contributed by atoms with Crippen molar-refractivity contribution < 1.29 is 19.4 Å². The van der Waals surface area contributed by atoms with Crippen molar-refractivity contribution in [1.29, 1.82) is 0 Å². The zero-order valence-corrected chi connectivity index (χ0v) is 11.4. The molecule has 108 valence electrons. The Morgan fingerprint density at radius 3 is 3.05 bits per heavy atom. The second-order valence-corrected chi connectivity index (χ2v) is 4.87. The molecule has 0 bridgehead atoms. The highest BCUT2D eigenvalue weighted by atomic mass is 16.5. The number of nitrogens with zero attached hydrogens (tertiary/aromatic N) is 2. The minimum Gasteiger partial charge on any atom is -0.481 e. The highest BCUT2D eigenvalue weighted by molar-refractivity contribution is 5.79. The molecular formula is C14H18N2O4. The van der Waals surface area contributed by atoms with Crippen LogP contribution >= 0.6 is 0 Å². The van der Waals surface area contributed by atoms with E-state index in [-0.39, 0.29) is 18.7 Å². The summed E-state index contributed by atoms with van der Waals surface area (Å²) in [5, 5.41) is 8.77. The zero-order chi connectivity index (χ0) is 14.5. The lowest BCUT2D eigenvalue weighted by Crippen LogP contribution is -2.46. The van der Waals surface area contributed by atoms with Crippen LogP contribution in [0.1, 0.15) is 17.7 Å². The summed E-state index contributed by atoms with van der Waals surface area (Å²) in [4.78, 5) is 28.8. The fraction of sp³-hybridized carbons (Fsp3) is 0.500. The Morgan fingerprint density at radius 2 is 2.35 bits per heavy atom. The van der Waals surface area contributed by atoms with E-state index in [1.165, 1.54) is 0 Å². The number of pyridine rings is 1. The first-order valence-corrected chi connectivity index (χ1v) is 6.58. The van der Waals surface area contributed by atoms with Gasteiger partial charge in [-0.15, -0.1) is 0 Å². The van der Waals surface area contributed by atoms with Crippen LogP contribution in [-0.4, -0.2) is 52.7 Å². The minimum absolute atomic E-state index is 0.0366. The Morgan fingerprint density at radius 1 is 1.55 bits per heavy atom. The van der Waals surface area contributed by atoms with Gasteiger partial charge in [-0.1, -0.05) is 6.07 Å². The van der Waals surface area contributed by atoms with Crippen LogP contribution in [0.5, 0.6) is 0 Å². The van der Waals surface area contributed by atoms with E-state index >= 15 is 0 Å². The van der Waals surface area contributed by atoms with Gasteiger partial charge in [0.15, 0.2) is 0 Å². The Labute approximate surface area is 117 Å². The van der Waals surface area contributed by atoms with Gasteiger partial charge in [0.05, 0.1) is 31.2 Å². The normalized spacial score (nSPS) is 18.9. The van der Waals surface area contributed by atoms with Crippen molar-refractivity contribution in [2.75, 3.05) is 19.7 Å². The molecule has 1 aromatic heterocycles. The molecule has 0 aliphatic carbocycles.